The van der Waals surface area contributed by atoms with Crippen LogP contribution >= 0.6 is 11.6 Å². The van der Waals surface area contributed by atoms with Gasteiger partial charge >= 0.3 is 0 Å². The number of halogens is 1. The third kappa shape index (κ3) is 3.05. The Kier molecular flexibility index (Phi) is 4.27. The minimum Gasteiger partial charge on any atom is -0.352 e. The molecule has 0 saturated heterocycles. The Morgan fingerprint density at radius 1 is 1.50 bits per heavy atom. The number of aryl methyl sites for hydroxylation is 1. The fourth-order valence-corrected chi connectivity index (χ4v) is 2.63. The minimum atomic E-state index is -0.0198. The third-order valence-electron chi connectivity index (χ3n) is 3.81. The Bertz CT molecular complexity index is 422. The number of alkyl halides is 1. The number of nitrogens with one attached hydrogen (secondary N) is 1. The summed E-state index contributed by atoms with van der Waals surface area (Å²) in [7, 11) is 1.84. The first-order chi connectivity index (χ1) is 8.58. The van der Waals surface area contributed by atoms with Gasteiger partial charge in [-0.2, -0.15) is 5.10 Å². The number of amides is 1. The Labute approximate surface area is 113 Å². The van der Waals surface area contributed by atoms with Crippen molar-refractivity contribution >= 4 is 17.5 Å². The first-order valence-electron chi connectivity index (χ1n) is 6.48. The van der Waals surface area contributed by atoms with Gasteiger partial charge in [-0.15, -0.1) is 11.6 Å². The number of rotatable bonds is 3. The fraction of sp³-hybridized carbons (Fsp3) is 0.692. The number of carbonyl (C=O) groups is 1. The van der Waals surface area contributed by atoms with Crippen molar-refractivity contribution in [2.24, 2.45) is 13.0 Å². The van der Waals surface area contributed by atoms with Gasteiger partial charge in [-0.1, -0.05) is 0 Å². The van der Waals surface area contributed by atoms with Crippen molar-refractivity contribution in [1.29, 1.82) is 0 Å². The average molecular weight is 270 g/mol. The lowest BCUT2D eigenvalue weighted by molar-refractivity contribution is 0.0943. The molecule has 5 heteroatoms. The summed E-state index contributed by atoms with van der Waals surface area (Å²) in [6.07, 6.45) is 5.98. The second kappa shape index (κ2) is 5.74. The Morgan fingerprint density at radius 2 is 2.17 bits per heavy atom. The summed E-state index contributed by atoms with van der Waals surface area (Å²) in [6.45, 7) is 2.65. The molecule has 0 spiro atoms. The lowest BCUT2D eigenvalue weighted by Crippen LogP contribution is -2.31. The molecule has 0 bridgehead atoms. The van der Waals surface area contributed by atoms with E-state index in [1.54, 1.807) is 10.9 Å². The van der Waals surface area contributed by atoms with Crippen molar-refractivity contribution in [1.82, 2.24) is 15.1 Å². The minimum absolute atomic E-state index is 0.0198. The highest BCUT2D eigenvalue weighted by atomic mass is 35.5. The zero-order chi connectivity index (χ0) is 13.1. The molecular weight excluding hydrogens is 250 g/mol. The average Bonchev–Trinajstić information content (AvgIpc) is 2.69. The van der Waals surface area contributed by atoms with Crippen LogP contribution in [0.2, 0.25) is 0 Å². The van der Waals surface area contributed by atoms with Crippen LogP contribution in [0.1, 0.15) is 41.7 Å². The van der Waals surface area contributed by atoms with Gasteiger partial charge in [-0.25, -0.2) is 0 Å². The molecule has 0 aliphatic heterocycles. The van der Waals surface area contributed by atoms with Crippen molar-refractivity contribution < 1.29 is 4.79 Å². The molecule has 1 heterocycles. The summed E-state index contributed by atoms with van der Waals surface area (Å²) < 4.78 is 1.72. The van der Waals surface area contributed by atoms with Crippen molar-refractivity contribution in [2.75, 3.05) is 6.54 Å². The van der Waals surface area contributed by atoms with E-state index in [1.165, 1.54) is 0 Å². The molecule has 1 saturated carbocycles. The van der Waals surface area contributed by atoms with Crippen LogP contribution in [-0.4, -0.2) is 27.6 Å². The molecule has 2 rings (SSSR count). The Morgan fingerprint density at radius 3 is 2.72 bits per heavy atom. The number of nitrogens with zero attached hydrogens (tertiary/aromatic N) is 2. The van der Waals surface area contributed by atoms with Gasteiger partial charge < -0.3 is 5.32 Å². The Balaban J connectivity index is 1.83. The largest absolute Gasteiger partial charge is 0.352 e. The van der Waals surface area contributed by atoms with Crippen LogP contribution < -0.4 is 5.32 Å². The van der Waals surface area contributed by atoms with Gasteiger partial charge in [-0.05, 0) is 38.5 Å². The predicted molar refractivity (Wildman–Crippen MR) is 71.9 cm³/mol. The van der Waals surface area contributed by atoms with Gasteiger partial charge in [0, 0.05) is 24.7 Å². The second-order valence-electron chi connectivity index (χ2n) is 5.10. The molecular formula is C13H20ClN3O. The molecule has 1 aliphatic rings. The van der Waals surface area contributed by atoms with Crippen LogP contribution in [0.25, 0.3) is 0 Å². The highest BCUT2D eigenvalue weighted by Crippen LogP contribution is 2.27. The normalized spacial score (nSPS) is 23.9. The summed E-state index contributed by atoms with van der Waals surface area (Å²) in [5.74, 6) is 0.550. The van der Waals surface area contributed by atoms with Gasteiger partial charge in [0.15, 0.2) is 0 Å². The summed E-state index contributed by atoms with van der Waals surface area (Å²) in [5.41, 5.74) is 1.57. The summed E-state index contributed by atoms with van der Waals surface area (Å²) in [5, 5.41) is 7.41. The van der Waals surface area contributed by atoms with Crippen LogP contribution in [0.4, 0.5) is 0 Å². The second-order valence-corrected chi connectivity index (χ2v) is 5.71. The first kappa shape index (κ1) is 13.4. The maximum atomic E-state index is 12.0. The molecule has 4 nitrogen and oxygen atoms in total. The monoisotopic (exact) mass is 269 g/mol. The first-order valence-corrected chi connectivity index (χ1v) is 6.92. The third-order valence-corrected chi connectivity index (χ3v) is 4.24. The SMILES string of the molecule is Cc1c(C(=O)NCC2CCC(Cl)CC2)cnn1C. The molecule has 0 aromatic carbocycles. The zero-order valence-electron chi connectivity index (χ0n) is 10.9. The summed E-state index contributed by atoms with van der Waals surface area (Å²) in [6, 6.07) is 0. The Hall–Kier alpha value is -1.03. The fourth-order valence-electron chi connectivity index (χ4n) is 2.38. The molecule has 0 radical (unpaired) electrons. The summed E-state index contributed by atoms with van der Waals surface area (Å²) in [4.78, 5) is 12.0. The molecule has 1 aromatic heterocycles. The van der Waals surface area contributed by atoms with Crippen LogP contribution in [0.5, 0.6) is 0 Å². The van der Waals surface area contributed by atoms with Crippen molar-refractivity contribution in [3.8, 4) is 0 Å². The zero-order valence-corrected chi connectivity index (χ0v) is 11.7. The van der Waals surface area contributed by atoms with E-state index in [-0.39, 0.29) is 5.91 Å². The maximum Gasteiger partial charge on any atom is 0.254 e. The lowest BCUT2D eigenvalue weighted by atomic mass is 9.89. The van der Waals surface area contributed by atoms with E-state index in [9.17, 15) is 4.79 Å². The molecule has 1 fully saturated rings. The molecule has 0 unspecified atom stereocenters. The van der Waals surface area contributed by atoms with Gasteiger partial charge in [0.1, 0.15) is 0 Å². The molecule has 1 aliphatic carbocycles. The van der Waals surface area contributed by atoms with Crippen molar-refractivity contribution in [2.45, 2.75) is 38.0 Å². The van der Waals surface area contributed by atoms with E-state index < -0.39 is 0 Å². The van der Waals surface area contributed by atoms with Gasteiger partial charge in [0.25, 0.3) is 5.91 Å². The quantitative estimate of drug-likeness (QED) is 0.856. The number of carbonyl (C=O) groups excluding carboxylic acids is 1. The standard InChI is InChI=1S/C13H20ClN3O/c1-9-12(8-16-17(9)2)13(18)15-7-10-3-5-11(14)6-4-10/h8,10-11H,3-7H2,1-2H3,(H,15,18). The van der Waals surface area contributed by atoms with Crippen LogP contribution in [0.15, 0.2) is 6.20 Å². The van der Waals surface area contributed by atoms with E-state index in [2.05, 4.69) is 10.4 Å². The molecule has 1 N–H and O–H groups in total. The predicted octanol–water partition coefficient (Wildman–Crippen LogP) is 2.26. The smallest absolute Gasteiger partial charge is 0.254 e. The van der Waals surface area contributed by atoms with Gasteiger partial charge in [0.05, 0.1) is 11.8 Å². The highest BCUT2D eigenvalue weighted by Gasteiger charge is 2.20. The number of aromatic nitrogens is 2. The highest BCUT2D eigenvalue weighted by molar-refractivity contribution is 6.20. The summed E-state index contributed by atoms with van der Waals surface area (Å²) >= 11 is 6.07. The van der Waals surface area contributed by atoms with E-state index in [0.717, 1.165) is 37.9 Å². The van der Waals surface area contributed by atoms with Crippen molar-refractivity contribution in [3.05, 3.63) is 17.5 Å². The topological polar surface area (TPSA) is 46.9 Å². The van der Waals surface area contributed by atoms with E-state index in [4.69, 9.17) is 11.6 Å². The number of hydrogen-bond acceptors (Lipinski definition) is 2. The van der Waals surface area contributed by atoms with Crippen LogP contribution in [0.3, 0.4) is 0 Å². The van der Waals surface area contributed by atoms with Crippen LogP contribution in [0, 0.1) is 12.8 Å². The molecule has 1 amide bonds. The lowest BCUT2D eigenvalue weighted by Gasteiger charge is -2.24. The maximum absolute atomic E-state index is 12.0. The number of hydrogen-bond donors (Lipinski definition) is 1. The van der Waals surface area contributed by atoms with Crippen LogP contribution in [-0.2, 0) is 7.05 Å². The van der Waals surface area contributed by atoms with E-state index >= 15 is 0 Å². The van der Waals surface area contributed by atoms with Gasteiger partial charge in [0.2, 0.25) is 0 Å². The van der Waals surface area contributed by atoms with E-state index in [0.29, 0.717) is 16.9 Å². The molecule has 18 heavy (non-hydrogen) atoms. The van der Waals surface area contributed by atoms with Crippen molar-refractivity contribution in [3.63, 3.8) is 0 Å². The molecule has 1 aromatic rings. The molecule has 100 valence electrons. The molecule has 0 atom stereocenters. The van der Waals surface area contributed by atoms with Gasteiger partial charge in [-0.3, -0.25) is 9.48 Å². The van der Waals surface area contributed by atoms with E-state index in [1.807, 2.05) is 14.0 Å².